The van der Waals surface area contributed by atoms with E-state index in [2.05, 4.69) is 10.3 Å². The van der Waals surface area contributed by atoms with Gasteiger partial charge in [0.1, 0.15) is 4.88 Å². The molecule has 1 aromatic rings. The third kappa shape index (κ3) is 3.76. The fourth-order valence-electron chi connectivity index (χ4n) is 1.49. The molecule has 0 aliphatic rings. The number of nitrogens with zero attached hydrogens (tertiary/aromatic N) is 1. The van der Waals surface area contributed by atoms with Crippen molar-refractivity contribution in [1.29, 1.82) is 0 Å². The Morgan fingerprint density at radius 3 is 2.75 bits per heavy atom. The highest BCUT2D eigenvalue weighted by Gasteiger charge is 2.15. The Morgan fingerprint density at radius 2 is 2.25 bits per heavy atom. The lowest BCUT2D eigenvalue weighted by molar-refractivity contribution is 0.0941. The molecule has 3 nitrogen and oxygen atoms in total. The Hall–Kier alpha value is -0.610. The summed E-state index contributed by atoms with van der Waals surface area (Å²) < 4.78 is 0. The standard InChI is InChI=1S/C11H17ClN2OS/c1-7(5-4-6-12)13-11(15)10-8(2)14-9(3)16-10/h7H,4-6H2,1-3H3,(H,13,15). The summed E-state index contributed by atoms with van der Waals surface area (Å²) in [7, 11) is 0. The average Bonchev–Trinajstić information content (AvgIpc) is 2.54. The largest absolute Gasteiger partial charge is 0.349 e. The number of hydrogen-bond donors (Lipinski definition) is 1. The lowest BCUT2D eigenvalue weighted by Gasteiger charge is -2.12. The molecule has 0 saturated heterocycles. The van der Waals surface area contributed by atoms with Crippen LogP contribution < -0.4 is 5.32 Å². The number of rotatable bonds is 5. The number of nitrogens with one attached hydrogen (secondary N) is 1. The molecule has 1 N–H and O–H groups in total. The second-order valence-electron chi connectivity index (χ2n) is 3.85. The number of thiazole rings is 1. The molecule has 0 aliphatic heterocycles. The minimum atomic E-state index is -0.0230. The fraction of sp³-hybridized carbons (Fsp3) is 0.636. The van der Waals surface area contributed by atoms with Gasteiger partial charge in [0.2, 0.25) is 0 Å². The van der Waals surface area contributed by atoms with Crippen LogP contribution in [0, 0.1) is 13.8 Å². The average molecular weight is 261 g/mol. The third-order valence-electron chi connectivity index (χ3n) is 2.26. The first kappa shape index (κ1) is 13.5. The summed E-state index contributed by atoms with van der Waals surface area (Å²) in [5, 5.41) is 3.88. The van der Waals surface area contributed by atoms with Crippen LogP contribution in [0.1, 0.15) is 40.1 Å². The molecule has 90 valence electrons. The molecule has 1 amide bonds. The fourth-order valence-corrected chi connectivity index (χ4v) is 2.46. The highest BCUT2D eigenvalue weighted by molar-refractivity contribution is 7.13. The first-order valence-electron chi connectivity index (χ1n) is 5.35. The molecule has 0 bridgehead atoms. The van der Waals surface area contributed by atoms with Crippen LogP contribution in [0.2, 0.25) is 0 Å². The predicted octanol–water partition coefficient (Wildman–Crippen LogP) is 2.90. The SMILES string of the molecule is Cc1nc(C)c(C(=O)NC(C)CCCCl)s1. The van der Waals surface area contributed by atoms with Crippen LogP contribution in [0.5, 0.6) is 0 Å². The highest BCUT2D eigenvalue weighted by atomic mass is 35.5. The Balaban J connectivity index is 2.55. The van der Waals surface area contributed by atoms with E-state index < -0.39 is 0 Å². The second-order valence-corrected chi connectivity index (χ2v) is 5.43. The van der Waals surface area contributed by atoms with Crippen molar-refractivity contribution in [3.8, 4) is 0 Å². The maximum Gasteiger partial charge on any atom is 0.263 e. The smallest absolute Gasteiger partial charge is 0.263 e. The molecule has 1 atom stereocenters. The van der Waals surface area contributed by atoms with E-state index >= 15 is 0 Å². The highest BCUT2D eigenvalue weighted by Crippen LogP contribution is 2.17. The topological polar surface area (TPSA) is 42.0 Å². The van der Waals surface area contributed by atoms with Crippen molar-refractivity contribution in [3.05, 3.63) is 15.6 Å². The molecular formula is C11H17ClN2OS. The van der Waals surface area contributed by atoms with E-state index in [4.69, 9.17) is 11.6 Å². The Labute approximate surface area is 105 Å². The van der Waals surface area contributed by atoms with Crippen LogP contribution in [-0.2, 0) is 0 Å². The number of halogens is 1. The van der Waals surface area contributed by atoms with Crippen molar-refractivity contribution >= 4 is 28.8 Å². The molecule has 0 fully saturated rings. The molecule has 0 saturated carbocycles. The molecule has 5 heteroatoms. The summed E-state index contributed by atoms with van der Waals surface area (Å²) in [6.07, 6.45) is 1.83. The van der Waals surface area contributed by atoms with Gasteiger partial charge in [0.05, 0.1) is 10.7 Å². The normalized spacial score (nSPS) is 12.5. The number of carbonyl (C=O) groups is 1. The van der Waals surface area contributed by atoms with Gasteiger partial charge in [-0.05, 0) is 33.6 Å². The van der Waals surface area contributed by atoms with Gasteiger partial charge in [-0.3, -0.25) is 4.79 Å². The summed E-state index contributed by atoms with van der Waals surface area (Å²) in [5.74, 6) is 0.615. The number of carbonyl (C=O) groups excluding carboxylic acids is 1. The Morgan fingerprint density at radius 1 is 1.56 bits per heavy atom. The van der Waals surface area contributed by atoms with Gasteiger partial charge < -0.3 is 5.32 Å². The van der Waals surface area contributed by atoms with E-state index in [9.17, 15) is 4.79 Å². The van der Waals surface area contributed by atoms with Crippen molar-refractivity contribution in [1.82, 2.24) is 10.3 Å². The van der Waals surface area contributed by atoms with E-state index in [1.807, 2.05) is 20.8 Å². The van der Waals surface area contributed by atoms with Gasteiger partial charge in [0.25, 0.3) is 5.91 Å². The van der Waals surface area contributed by atoms with E-state index in [0.717, 1.165) is 28.4 Å². The molecule has 0 aliphatic carbocycles. The van der Waals surface area contributed by atoms with Gasteiger partial charge in [-0.25, -0.2) is 4.98 Å². The van der Waals surface area contributed by atoms with Crippen LogP contribution in [0.4, 0.5) is 0 Å². The molecule has 1 rings (SSSR count). The van der Waals surface area contributed by atoms with E-state index in [1.165, 1.54) is 11.3 Å². The van der Waals surface area contributed by atoms with Gasteiger partial charge in [-0.2, -0.15) is 0 Å². The molecule has 1 heterocycles. The molecule has 1 unspecified atom stereocenters. The third-order valence-corrected chi connectivity index (χ3v) is 3.60. The van der Waals surface area contributed by atoms with Crippen LogP contribution in [0.25, 0.3) is 0 Å². The first-order valence-corrected chi connectivity index (χ1v) is 6.70. The lowest BCUT2D eigenvalue weighted by atomic mass is 10.2. The van der Waals surface area contributed by atoms with Gasteiger partial charge in [-0.15, -0.1) is 22.9 Å². The maximum atomic E-state index is 11.9. The quantitative estimate of drug-likeness (QED) is 0.828. The monoisotopic (exact) mass is 260 g/mol. The number of aromatic nitrogens is 1. The zero-order chi connectivity index (χ0) is 12.1. The molecule has 0 spiro atoms. The first-order chi connectivity index (χ1) is 7.54. The summed E-state index contributed by atoms with van der Waals surface area (Å²) in [5.41, 5.74) is 0.810. The van der Waals surface area contributed by atoms with Crippen molar-refractivity contribution in [2.45, 2.75) is 39.7 Å². The molecule has 0 radical (unpaired) electrons. The van der Waals surface area contributed by atoms with Gasteiger partial charge in [0.15, 0.2) is 0 Å². The van der Waals surface area contributed by atoms with Crippen LogP contribution >= 0.6 is 22.9 Å². The number of amides is 1. The molecule has 16 heavy (non-hydrogen) atoms. The predicted molar refractivity (Wildman–Crippen MR) is 68.5 cm³/mol. The van der Waals surface area contributed by atoms with Gasteiger partial charge in [-0.1, -0.05) is 0 Å². The zero-order valence-electron chi connectivity index (χ0n) is 9.84. The van der Waals surface area contributed by atoms with E-state index in [-0.39, 0.29) is 11.9 Å². The number of hydrogen-bond acceptors (Lipinski definition) is 3. The Kier molecular flexibility index (Phi) is 5.22. The Bertz CT molecular complexity index is 365. The van der Waals surface area contributed by atoms with Crippen molar-refractivity contribution in [3.63, 3.8) is 0 Å². The minimum Gasteiger partial charge on any atom is -0.349 e. The molecular weight excluding hydrogens is 244 g/mol. The molecule has 1 aromatic heterocycles. The maximum absolute atomic E-state index is 11.9. The van der Waals surface area contributed by atoms with Crippen LogP contribution in [0.3, 0.4) is 0 Å². The summed E-state index contributed by atoms with van der Waals surface area (Å²) in [6.45, 7) is 5.76. The number of alkyl halides is 1. The summed E-state index contributed by atoms with van der Waals surface area (Å²) in [6, 6.07) is 0.160. The molecule has 0 aromatic carbocycles. The van der Waals surface area contributed by atoms with Crippen molar-refractivity contribution < 1.29 is 4.79 Å². The summed E-state index contributed by atoms with van der Waals surface area (Å²) >= 11 is 7.05. The van der Waals surface area contributed by atoms with Crippen LogP contribution in [-0.4, -0.2) is 22.8 Å². The van der Waals surface area contributed by atoms with Crippen molar-refractivity contribution in [2.75, 3.05) is 5.88 Å². The van der Waals surface area contributed by atoms with Crippen LogP contribution in [0.15, 0.2) is 0 Å². The number of aryl methyl sites for hydroxylation is 2. The van der Waals surface area contributed by atoms with Gasteiger partial charge >= 0.3 is 0 Å². The zero-order valence-corrected chi connectivity index (χ0v) is 11.4. The van der Waals surface area contributed by atoms with Crippen molar-refractivity contribution in [2.24, 2.45) is 0 Å². The van der Waals surface area contributed by atoms with E-state index in [0.29, 0.717) is 5.88 Å². The van der Waals surface area contributed by atoms with E-state index in [1.54, 1.807) is 0 Å². The minimum absolute atomic E-state index is 0.0230. The second kappa shape index (κ2) is 6.21. The summed E-state index contributed by atoms with van der Waals surface area (Å²) in [4.78, 5) is 16.8. The lowest BCUT2D eigenvalue weighted by Crippen LogP contribution is -2.32. The van der Waals surface area contributed by atoms with Gasteiger partial charge in [0, 0.05) is 11.9 Å².